The number of hydrogen-bond donors (Lipinski definition) is 1. The van der Waals surface area contributed by atoms with Crippen LogP contribution < -0.4 is 20.0 Å². The van der Waals surface area contributed by atoms with Gasteiger partial charge < -0.3 is 18.7 Å². The van der Waals surface area contributed by atoms with E-state index in [0.717, 1.165) is 15.9 Å². The number of benzene rings is 3. The van der Waals surface area contributed by atoms with E-state index in [-0.39, 0.29) is 17.6 Å². The van der Waals surface area contributed by atoms with Gasteiger partial charge in [-0.2, -0.15) is 13.1 Å². The Morgan fingerprint density at radius 2 is 1.74 bits per heavy atom. The van der Waals surface area contributed by atoms with Gasteiger partial charge in [0.2, 0.25) is 0 Å². The summed E-state index contributed by atoms with van der Waals surface area (Å²) in [6.45, 7) is 0.434. The highest BCUT2D eigenvalue weighted by Crippen LogP contribution is 2.19. The van der Waals surface area contributed by atoms with Crippen LogP contribution in [0.2, 0.25) is 0 Å². The number of nitrogens with one attached hydrogen (secondary N) is 1. The number of hydrogen-bond acceptors (Lipinski definition) is 8. The normalized spacial score (nSPS) is 11.2. The summed E-state index contributed by atoms with van der Waals surface area (Å²) in [6.07, 6.45) is -0.134. The quantitative estimate of drug-likeness (QED) is 0.359. The van der Waals surface area contributed by atoms with Crippen molar-refractivity contribution >= 4 is 15.8 Å². The number of anilines is 1. The molecule has 1 N–H and O–H groups in total. The molecule has 0 aliphatic carbocycles. The van der Waals surface area contributed by atoms with E-state index in [2.05, 4.69) is 10.4 Å². The fourth-order valence-electron chi connectivity index (χ4n) is 3.08. The molecule has 4 rings (SSSR count). The number of nitrogens with zero attached hydrogens (tertiary/aromatic N) is 2. The van der Waals surface area contributed by atoms with Gasteiger partial charge >= 0.3 is 22.0 Å². The summed E-state index contributed by atoms with van der Waals surface area (Å²) in [7, 11) is -2.54. The van der Waals surface area contributed by atoms with Crippen molar-refractivity contribution in [2.75, 3.05) is 12.4 Å². The highest BCUT2D eigenvalue weighted by atomic mass is 32.2. The summed E-state index contributed by atoms with van der Waals surface area (Å²) in [5.41, 5.74) is 2.52. The molecule has 0 atom stereocenters. The first-order valence-electron chi connectivity index (χ1n) is 10.1. The van der Waals surface area contributed by atoms with Gasteiger partial charge in [-0.1, -0.05) is 35.4 Å². The highest BCUT2D eigenvalue weighted by Gasteiger charge is 2.14. The van der Waals surface area contributed by atoms with Crippen LogP contribution in [0.3, 0.4) is 0 Å². The molecule has 0 unspecified atom stereocenters. The van der Waals surface area contributed by atoms with E-state index in [9.17, 15) is 17.6 Å². The minimum absolute atomic E-state index is 0.134. The topological polar surface area (TPSA) is 113 Å². The lowest BCUT2D eigenvalue weighted by Crippen LogP contribution is -2.13. The maximum absolute atomic E-state index is 13.0. The minimum Gasteiger partial charge on any atom is -0.452 e. The molecule has 11 heteroatoms. The van der Waals surface area contributed by atoms with Crippen molar-refractivity contribution in [3.8, 4) is 17.5 Å². The van der Waals surface area contributed by atoms with Gasteiger partial charge in [-0.25, -0.2) is 9.18 Å². The Morgan fingerprint density at radius 3 is 2.41 bits per heavy atom. The molecule has 1 aromatic heterocycles. The molecule has 34 heavy (non-hydrogen) atoms. The number of halogens is 1. The first-order valence-corrected chi connectivity index (χ1v) is 11.6. The third kappa shape index (κ3) is 5.81. The van der Waals surface area contributed by atoms with Gasteiger partial charge in [-0.15, -0.1) is 0 Å². The maximum atomic E-state index is 13.0. The Balaban J connectivity index is 1.37. The number of rotatable bonds is 9. The standard InChI is InChI=1S/C23H20FN3O6S/c1-31-22-26-27(23(28)32-22)20-4-2-3-19(13-20)25-14-16-7-11-21(12-8-16)33-34(29,30)15-17-5-9-18(24)10-6-17/h2-13,25H,14-15H2,1H3. The molecule has 0 saturated heterocycles. The number of ether oxygens (including phenoxy) is 1. The van der Waals surface area contributed by atoms with Gasteiger partial charge in [-0.05, 0) is 53.6 Å². The van der Waals surface area contributed by atoms with Crippen LogP contribution in [0.1, 0.15) is 11.1 Å². The molecule has 0 aliphatic heterocycles. The van der Waals surface area contributed by atoms with Gasteiger partial charge in [-0.3, -0.25) is 0 Å². The fraction of sp³-hybridized carbons (Fsp3) is 0.130. The van der Waals surface area contributed by atoms with Crippen LogP contribution >= 0.6 is 0 Å². The molecular formula is C23H20FN3O6S. The minimum atomic E-state index is -3.89. The Morgan fingerprint density at radius 1 is 1.03 bits per heavy atom. The smallest absolute Gasteiger partial charge is 0.444 e. The Kier molecular flexibility index (Phi) is 6.64. The van der Waals surface area contributed by atoms with E-state index >= 15 is 0 Å². The van der Waals surface area contributed by atoms with Crippen molar-refractivity contribution in [1.82, 2.24) is 9.78 Å². The lowest BCUT2D eigenvalue weighted by molar-refractivity contribution is 0.282. The van der Waals surface area contributed by atoms with Crippen molar-refractivity contribution in [2.24, 2.45) is 0 Å². The van der Waals surface area contributed by atoms with Gasteiger partial charge in [0, 0.05) is 12.2 Å². The SMILES string of the molecule is COc1nn(-c2cccc(NCc3ccc(OS(=O)(=O)Cc4ccc(F)cc4)cc3)c2)c(=O)o1. The van der Waals surface area contributed by atoms with Crippen LogP contribution in [0.5, 0.6) is 11.8 Å². The van der Waals surface area contributed by atoms with Gasteiger partial charge in [0.1, 0.15) is 17.3 Å². The molecule has 9 nitrogen and oxygen atoms in total. The molecule has 0 aliphatic rings. The van der Waals surface area contributed by atoms with Crippen molar-refractivity contribution < 1.29 is 26.1 Å². The molecule has 4 aromatic rings. The molecule has 0 spiro atoms. The van der Waals surface area contributed by atoms with E-state index in [1.807, 2.05) is 6.07 Å². The van der Waals surface area contributed by atoms with Crippen molar-refractivity contribution in [3.05, 3.63) is 100 Å². The number of methoxy groups -OCH3 is 1. The van der Waals surface area contributed by atoms with E-state index in [1.165, 1.54) is 31.4 Å². The van der Waals surface area contributed by atoms with Gasteiger partial charge in [0.05, 0.1) is 12.8 Å². The van der Waals surface area contributed by atoms with E-state index in [1.54, 1.807) is 42.5 Å². The summed E-state index contributed by atoms with van der Waals surface area (Å²) in [6, 6.07) is 18.8. The van der Waals surface area contributed by atoms with Crippen LogP contribution in [0, 0.1) is 5.82 Å². The first-order chi connectivity index (χ1) is 16.3. The Bertz CT molecular complexity index is 1430. The molecule has 0 bridgehead atoms. The third-order valence-electron chi connectivity index (χ3n) is 4.69. The molecule has 0 amide bonds. The summed E-state index contributed by atoms with van der Waals surface area (Å²) in [5, 5.41) is 7.16. The number of aromatic nitrogens is 2. The highest BCUT2D eigenvalue weighted by molar-refractivity contribution is 7.86. The first kappa shape index (κ1) is 23.1. The molecular weight excluding hydrogens is 465 g/mol. The van der Waals surface area contributed by atoms with Crippen LogP contribution in [-0.4, -0.2) is 25.3 Å². The van der Waals surface area contributed by atoms with Crippen molar-refractivity contribution in [3.63, 3.8) is 0 Å². The lowest BCUT2D eigenvalue weighted by Gasteiger charge is -2.10. The fourth-order valence-corrected chi connectivity index (χ4v) is 4.15. The van der Waals surface area contributed by atoms with Gasteiger partial charge in [0.15, 0.2) is 0 Å². The molecule has 176 valence electrons. The third-order valence-corrected chi connectivity index (χ3v) is 5.83. The van der Waals surface area contributed by atoms with Gasteiger partial charge in [0.25, 0.3) is 0 Å². The van der Waals surface area contributed by atoms with E-state index < -0.39 is 21.7 Å². The van der Waals surface area contributed by atoms with E-state index in [0.29, 0.717) is 17.8 Å². The van der Waals surface area contributed by atoms with Crippen LogP contribution in [0.25, 0.3) is 5.69 Å². The predicted molar refractivity (Wildman–Crippen MR) is 122 cm³/mol. The molecule has 0 radical (unpaired) electrons. The average molecular weight is 485 g/mol. The monoisotopic (exact) mass is 485 g/mol. The zero-order chi connectivity index (χ0) is 24.1. The lowest BCUT2D eigenvalue weighted by atomic mass is 10.2. The molecule has 0 saturated carbocycles. The predicted octanol–water partition coefficient (Wildman–Crippen LogP) is 3.49. The van der Waals surface area contributed by atoms with Crippen molar-refractivity contribution in [1.29, 1.82) is 0 Å². The second-order valence-corrected chi connectivity index (χ2v) is 8.78. The van der Waals surface area contributed by atoms with Crippen LogP contribution in [0.15, 0.2) is 82.0 Å². The van der Waals surface area contributed by atoms with Crippen LogP contribution in [-0.2, 0) is 22.4 Å². The molecule has 1 heterocycles. The van der Waals surface area contributed by atoms with Crippen molar-refractivity contribution in [2.45, 2.75) is 12.3 Å². The molecule has 3 aromatic carbocycles. The van der Waals surface area contributed by atoms with Crippen LogP contribution in [0.4, 0.5) is 10.1 Å². The zero-order valence-corrected chi connectivity index (χ0v) is 18.8. The largest absolute Gasteiger partial charge is 0.452 e. The van der Waals surface area contributed by atoms with E-state index in [4.69, 9.17) is 13.3 Å². The second-order valence-electron chi connectivity index (χ2n) is 7.21. The second kappa shape index (κ2) is 9.79. The molecule has 0 fully saturated rings. The Labute approximate surface area is 194 Å². The summed E-state index contributed by atoms with van der Waals surface area (Å²) < 4.78 is 53.4. The summed E-state index contributed by atoms with van der Waals surface area (Å²) in [4.78, 5) is 11.9. The Hall–Kier alpha value is -4.12. The zero-order valence-electron chi connectivity index (χ0n) is 18.0. The summed E-state index contributed by atoms with van der Waals surface area (Å²) in [5.74, 6) is -1.30. The summed E-state index contributed by atoms with van der Waals surface area (Å²) >= 11 is 0. The maximum Gasteiger partial charge on any atom is 0.444 e. The average Bonchev–Trinajstić information content (AvgIpc) is 3.21.